The molecular weight excluding hydrogens is 475 g/mol. The zero-order valence-electron chi connectivity index (χ0n) is 17.5. The van der Waals surface area contributed by atoms with Gasteiger partial charge in [0.25, 0.3) is 0 Å². The molecular formula is C26H20Cl2N2O2S. The van der Waals surface area contributed by atoms with E-state index in [4.69, 9.17) is 23.2 Å². The highest BCUT2D eigenvalue weighted by atomic mass is 35.5. The van der Waals surface area contributed by atoms with Crippen LogP contribution in [0.15, 0.2) is 82.9 Å². The van der Waals surface area contributed by atoms with Gasteiger partial charge in [-0.2, -0.15) is 0 Å². The van der Waals surface area contributed by atoms with Crippen molar-refractivity contribution in [2.45, 2.75) is 25.2 Å². The number of rotatable bonds is 3. The topological polar surface area (TPSA) is 64.4 Å². The smallest absolute Gasteiger partial charge is 0.161 e. The number of hydrogen-bond acceptors (Lipinski definition) is 4. The molecule has 3 aromatic rings. The van der Waals surface area contributed by atoms with Crippen molar-refractivity contribution in [3.8, 4) is 0 Å². The van der Waals surface area contributed by atoms with Crippen molar-refractivity contribution < 1.29 is 9.90 Å². The number of thiophene rings is 1. The molecule has 2 aromatic carbocycles. The summed E-state index contributed by atoms with van der Waals surface area (Å²) >= 11 is 14.1. The van der Waals surface area contributed by atoms with Crippen LogP contribution in [0.3, 0.4) is 0 Å². The molecule has 2 heterocycles. The van der Waals surface area contributed by atoms with Gasteiger partial charge in [0.2, 0.25) is 0 Å². The van der Waals surface area contributed by atoms with Gasteiger partial charge in [-0.25, -0.2) is 0 Å². The van der Waals surface area contributed by atoms with E-state index < -0.39 is 5.92 Å². The maximum Gasteiger partial charge on any atom is 0.161 e. The minimum atomic E-state index is -0.508. The summed E-state index contributed by atoms with van der Waals surface area (Å²) in [5.74, 6) is -0.367. The molecule has 1 aromatic heterocycles. The first kappa shape index (κ1) is 22.0. The quantitative estimate of drug-likeness (QED) is 0.368. The van der Waals surface area contributed by atoms with Crippen molar-refractivity contribution in [2.24, 2.45) is 0 Å². The van der Waals surface area contributed by atoms with Crippen molar-refractivity contribution in [1.82, 2.24) is 0 Å². The number of amidine groups is 1. The minimum Gasteiger partial charge on any atom is -0.507 e. The lowest BCUT2D eigenvalue weighted by Crippen LogP contribution is -2.42. The fraction of sp³-hybridized carbons (Fsp3) is 0.154. The minimum absolute atomic E-state index is 0.0120. The third-order valence-electron chi connectivity index (χ3n) is 5.99. The van der Waals surface area contributed by atoms with Gasteiger partial charge in [0.15, 0.2) is 5.78 Å². The van der Waals surface area contributed by atoms with E-state index in [-0.39, 0.29) is 17.4 Å². The molecule has 2 N–H and O–H groups in total. The van der Waals surface area contributed by atoms with Crippen molar-refractivity contribution >= 4 is 57.6 Å². The van der Waals surface area contributed by atoms with Crippen LogP contribution in [0.5, 0.6) is 0 Å². The highest BCUT2D eigenvalue weighted by molar-refractivity contribution is 7.10. The van der Waals surface area contributed by atoms with E-state index in [0.29, 0.717) is 51.7 Å². The molecule has 1 unspecified atom stereocenters. The van der Waals surface area contributed by atoms with Gasteiger partial charge >= 0.3 is 0 Å². The average molecular weight is 495 g/mol. The molecule has 5 rings (SSSR count). The Morgan fingerprint density at radius 1 is 1.03 bits per heavy atom. The van der Waals surface area contributed by atoms with E-state index in [1.165, 1.54) is 11.3 Å². The number of anilines is 1. The van der Waals surface area contributed by atoms with Gasteiger partial charge in [-0.1, -0.05) is 59.6 Å². The number of nitrogens with one attached hydrogen (secondary N) is 1. The molecule has 0 bridgehead atoms. The molecule has 166 valence electrons. The Morgan fingerprint density at radius 3 is 2.42 bits per heavy atom. The van der Waals surface area contributed by atoms with Crippen LogP contribution < -0.4 is 4.90 Å². The summed E-state index contributed by atoms with van der Waals surface area (Å²) in [6, 6.07) is 18.1. The molecule has 0 fully saturated rings. The Kier molecular flexibility index (Phi) is 5.87. The number of benzene rings is 2. The predicted octanol–water partition coefficient (Wildman–Crippen LogP) is 7.61. The molecule has 0 amide bonds. The first-order chi connectivity index (χ1) is 16.0. The van der Waals surface area contributed by atoms with Crippen LogP contribution in [0.2, 0.25) is 10.0 Å². The second-order valence-corrected chi connectivity index (χ2v) is 9.88. The normalized spacial score (nSPS) is 20.2. The van der Waals surface area contributed by atoms with E-state index in [2.05, 4.69) is 0 Å². The van der Waals surface area contributed by atoms with Crippen molar-refractivity contribution in [3.63, 3.8) is 0 Å². The molecule has 33 heavy (non-hydrogen) atoms. The number of nitrogens with zero attached hydrogens (tertiary/aromatic N) is 1. The molecule has 1 aliphatic heterocycles. The van der Waals surface area contributed by atoms with Gasteiger partial charge in [0.05, 0.1) is 17.2 Å². The molecule has 0 saturated carbocycles. The van der Waals surface area contributed by atoms with E-state index in [1.807, 2.05) is 35.7 Å². The second kappa shape index (κ2) is 8.82. The third kappa shape index (κ3) is 3.90. The average Bonchev–Trinajstić information content (AvgIpc) is 3.32. The number of aliphatic hydroxyl groups is 1. The lowest BCUT2D eigenvalue weighted by molar-refractivity contribution is -0.116. The van der Waals surface area contributed by atoms with Crippen LogP contribution in [-0.2, 0) is 4.79 Å². The lowest BCUT2D eigenvalue weighted by Gasteiger charge is -2.41. The molecule has 0 spiro atoms. The molecule has 0 radical (unpaired) electrons. The summed E-state index contributed by atoms with van der Waals surface area (Å²) in [6.45, 7) is 0. The van der Waals surface area contributed by atoms with E-state index in [9.17, 15) is 15.3 Å². The molecule has 1 atom stereocenters. The van der Waals surface area contributed by atoms with Crippen LogP contribution in [-0.4, -0.2) is 16.7 Å². The first-order valence-electron chi connectivity index (χ1n) is 10.6. The number of ketones is 1. The number of Topliss-reactive ketones (excluding diaryl/α,β-unsaturated/α-hetero) is 1. The Bertz CT molecular complexity index is 1290. The summed E-state index contributed by atoms with van der Waals surface area (Å²) in [4.78, 5) is 16.0. The maximum atomic E-state index is 13.3. The standard InChI is InChI=1S/C26H20Cl2N2O2S/c27-16-12-17(28)14-18(13-16)30-19-8-4-9-20(31)22(19)23(21-10-5-11-33-21)24(26(30)29)25(32)15-6-2-1-3-7-15/h1-3,5-7,10-14,23,29,32H,4,8-9H2/b25-24+,29-26?. The van der Waals surface area contributed by atoms with E-state index >= 15 is 0 Å². The van der Waals surface area contributed by atoms with Crippen LogP contribution in [0.4, 0.5) is 5.69 Å². The fourth-order valence-electron chi connectivity index (χ4n) is 4.64. The van der Waals surface area contributed by atoms with Crippen LogP contribution >= 0.6 is 34.5 Å². The van der Waals surface area contributed by atoms with E-state index in [1.54, 1.807) is 35.2 Å². The van der Waals surface area contributed by atoms with Gasteiger partial charge in [0, 0.05) is 38.2 Å². The molecule has 4 nitrogen and oxygen atoms in total. The predicted molar refractivity (Wildman–Crippen MR) is 136 cm³/mol. The number of aliphatic hydroxyl groups excluding tert-OH is 1. The Hall–Kier alpha value is -2.86. The van der Waals surface area contributed by atoms with Crippen molar-refractivity contribution in [3.05, 3.63) is 103 Å². The monoisotopic (exact) mass is 494 g/mol. The van der Waals surface area contributed by atoms with Gasteiger partial charge in [-0.15, -0.1) is 11.3 Å². The van der Waals surface area contributed by atoms with Crippen LogP contribution in [0.1, 0.15) is 35.6 Å². The van der Waals surface area contributed by atoms with Gasteiger partial charge < -0.3 is 5.11 Å². The van der Waals surface area contributed by atoms with Crippen LogP contribution in [0, 0.1) is 5.41 Å². The zero-order valence-corrected chi connectivity index (χ0v) is 19.8. The van der Waals surface area contributed by atoms with Crippen LogP contribution in [0.25, 0.3) is 5.76 Å². The number of halogens is 2. The van der Waals surface area contributed by atoms with E-state index in [0.717, 1.165) is 10.6 Å². The number of hydrogen-bond donors (Lipinski definition) is 2. The highest BCUT2D eigenvalue weighted by Gasteiger charge is 2.43. The Labute approximate surface area is 205 Å². The maximum absolute atomic E-state index is 13.3. The summed E-state index contributed by atoms with van der Waals surface area (Å²) in [5.41, 5.74) is 3.00. The number of carbonyl (C=O) groups excluding carboxylic acids is 1. The summed E-state index contributed by atoms with van der Waals surface area (Å²) in [7, 11) is 0. The molecule has 1 aliphatic carbocycles. The number of allylic oxidation sites excluding steroid dienone is 2. The summed E-state index contributed by atoms with van der Waals surface area (Å²) in [6.07, 6.45) is 1.79. The SMILES string of the molecule is N=C1/C(=C(/O)c2ccccc2)C(c2cccs2)C2=C(CCCC2=O)N1c1cc(Cl)cc(Cl)c1. The Balaban J connectivity index is 1.83. The molecule has 0 saturated heterocycles. The first-order valence-corrected chi connectivity index (χ1v) is 12.2. The summed E-state index contributed by atoms with van der Waals surface area (Å²) in [5, 5.41) is 23.6. The highest BCUT2D eigenvalue weighted by Crippen LogP contribution is 2.49. The second-order valence-electron chi connectivity index (χ2n) is 8.03. The molecule has 2 aliphatic rings. The van der Waals surface area contributed by atoms with Gasteiger partial charge in [-0.05, 0) is 42.5 Å². The Morgan fingerprint density at radius 2 is 1.76 bits per heavy atom. The van der Waals surface area contributed by atoms with Crippen molar-refractivity contribution in [2.75, 3.05) is 4.90 Å². The lowest BCUT2D eigenvalue weighted by atomic mass is 9.76. The molecule has 7 heteroatoms. The number of carbonyl (C=O) groups is 1. The van der Waals surface area contributed by atoms with Gasteiger partial charge in [0.1, 0.15) is 11.6 Å². The largest absolute Gasteiger partial charge is 0.507 e. The summed E-state index contributed by atoms with van der Waals surface area (Å²) < 4.78 is 0. The zero-order chi connectivity index (χ0) is 23.1. The fourth-order valence-corrected chi connectivity index (χ4v) is 5.99. The van der Waals surface area contributed by atoms with Gasteiger partial charge in [-0.3, -0.25) is 15.1 Å². The third-order valence-corrected chi connectivity index (χ3v) is 7.36. The van der Waals surface area contributed by atoms with Crippen molar-refractivity contribution in [1.29, 1.82) is 5.41 Å².